The van der Waals surface area contributed by atoms with Crippen LogP contribution in [0, 0.1) is 0 Å². The lowest BCUT2D eigenvalue weighted by atomic mass is 9.85. The number of nitrogens with zero attached hydrogens (tertiary/aromatic N) is 1. The second-order valence-corrected chi connectivity index (χ2v) is 8.60. The van der Waals surface area contributed by atoms with E-state index in [1.54, 1.807) is 20.8 Å². The number of phenols is 1. The van der Waals surface area contributed by atoms with Crippen molar-refractivity contribution in [3.05, 3.63) is 29.3 Å². The first-order chi connectivity index (χ1) is 9.86. The molecule has 0 spiro atoms. The van der Waals surface area contributed by atoms with Crippen molar-refractivity contribution in [1.29, 1.82) is 0 Å². The van der Waals surface area contributed by atoms with Crippen molar-refractivity contribution >= 4 is 16.4 Å². The minimum absolute atomic E-state index is 0.143. The Labute approximate surface area is 128 Å². The Hall–Kier alpha value is -1.45. The third-order valence-corrected chi connectivity index (χ3v) is 4.20. The van der Waals surface area contributed by atoms with E-state index in [1.807, 2.05) is 0 Å². The Morgan fingerprint density at radius 2 is 1.61 bits per heavy atom. The molecule has 0 saturated carbocycles. The van der Waals surface area contributed by atoms with Crippen LogP contribution in [0.15, 0.2) is 23.2 Å². The van der Waals surface area contributed by atoms with E-state index in [1.165, 1.54) is 18.2 Å². The number of benzene rings is 1. The van der Waals surface area contributed by atoms with Gasteiger partial charge in [0.1, 0.15) is 12.3 Å². The highest BCUT2D eigenvalue weighted by atomic mass is 32.5. The number of aromatic hydroxyl groups is 1. The van der Waals surface area contributed by atoms with Crippen LogP contribution >= 0.6 is 10.2 Å². The van der Waals surface area contributed by atoms with E-state index >= 15 is 0 Å². The van der Waals surface area contributed by atoms with Gasteiger partial charge in [0.2, 0.25) is 0 Å². The molecule has 1 rings (SSSR count). The van der Waals surface area contributed by atoms with Crippen molar-refractivity contribution in [2.45, 2.75) is 31.4 Å². The van der Waals surface area contributed by atoms with Crippen molar-refractivity contribution in [3.8, 4) is 5.75 Å². The number of alkyl halides is 2. The molecule has 0 fully saturated rings. The number of halogens is 7. The fourth-order valence-electron chi connectivity index (χ4n) is 1.64. The van der Waals surface area contributed by atoms with Crippen LogP contribution in [-0.2, 0) is 5.41 Å². The van der Waals surface area contributed by atoms with Crippen molar-refractivity contribution in [2.24, 2.45) is 4.99 Å². The Kier molecular flexibility index (Phi) is 4.07. The smallest absolute Gasteiger partial charge is 0.399 e. The van der Waals surface area contributed by atoms with E-state index in [-0.39, 0.29) is 11.3 Å². The molecule has 0 atom stereocenters. The number of aliphatic imine (C=N–C) groups is 1. The van der Waals surface area contributed by atoms with Crippen LogP contribution in [-0.4, -0.2) is 23.1 Å². The SMILES string of the molecule is CC(C)(C)c1cccc(C=NCC(F)(F)S(F)(F)(F)(F)F)c1O. The molecule has 2 nitrogen and oxygen atoms in total. The molecule has 0 unspecified atom stereocenters. The molecular weight excluding hydrogens is 351 g/mol. The number of hydrogen-bond acceptors (Lipinski definition) is 2. The zero-order chi connectivity index (χ0) is 18.4. The molecule has 0 bridgehead atoms. The second-order valence-electron chi connectivity index (χ2n) is 6.07. The maximum Gasteiger partial charge on any atom is 0.399 e. The molecule has 0 aliphatic carbocycles. The molecule has 0 saturated heterocycles. The Balaban J connectivity index is 3.10. The minimum Gasteiger partial charge on any atom is -0.507 e. The van der Waals surface area contributed by atoms with Crippen molar-refractivity contribution in [2.75, 3.05) is 6.54 Å². The largest absolute Gasteiger partial charge is 0.507 e. The van der Waals surface area contributed by atoms with Crippen LogP contribution < -0.4 is 0 Å². The summed E-state index contributed by atoms with van der Waals surface area (Å²) >= 11 is 0. The van der Waals surface area contributed by atoms with E-state index < -0.39 is 27.4 Å². The van der Waals surface area contributed by atoms with Gasteiger partial charge in [0.25, 0.3) is 0 Å². The predicted octanol–water partition coefficient (Wildman–Crippen LogP) is 6.00. The fourth-order valence-corrected chi connectivity index (χ4v) is 1.96. The molecule has 0 radical (unpaired) electrons. The number of phenolic OH excluding ortho intramolecular Hbond substituents is 1. The molecule has 0 amide bonds. The maximum absolute atomic E-state index is 12.8. The summed E-state index contributed by atoms with van der Waals surface area (Å²) < 4.78 is 86.3. The lowest BCUT2D eigenvalue weighted by molar-refractivity contribution is 0.0490. The van der Waals surface area contributed by atoms with Crippen LogP contribution in [0.3, 0.4) is 0 Å². The Morgan fingerprint density at radius 1 is 1.09 bits per heavy atom. The number of rotatable bonds is 4. The molecule has 10 heteroatoms. The zero-order valence-corrected chi connectivity index (χ0v) is 13.3. The maximum atomic E-state index is 12.8. The molecule has 0 heterocycles. The first-order valence-electron chi connectivity index (χ1n) is 6.29. The Bertz CT molecular complexity index is 632. The standard InChI is InChI=1S/C13H16F7NOS/c1-12(2,3)10-6-4-5-9(11(10)22)7-21-8-13(14,15)23(16,17,18,19)20/h4-7,22H,8H2,1-3H3. The van der Waals surface area contributed by atoms with Gasteiger partial charge in [0, 0.05) is 11.8 Å². The summed E-state index contributed by atoms with van der Waals surface area (Å²) in [5, 5.41) is 3.74. The monoisotopic (exact) mass is 367 g/mol. The normalized spacial score (nSPS) is 17.1. The van der Waals surface area contributed by atoms with E-state index in [4.69, 9.17) is 0 Å². The van der Waals surface area contributed by atoms with Gasteiger partial charge in [-0.05, 0) is 17.0 Å². The predicted molar refractivity (Wildman–Crippen MR) is 77.3 cm³/mol. The first-order valence-corrected chi connectivity index (χ1v) is 8.24. The summed E-state index contributed by atoms with van der Waals surface area (Å²) in [4.78, 5) is 2.75. The van der Waals surface area contributed by atoms with Crippen molar-refractivity contribution < 1.29 is 33.3 Å². The number of hydrogen-bond donors (Lipinski definition) is 1. The quantitative estimate of drug-likeness (QED) is 0.514. The first kappa shape index (κ1) is 19.6. The van der Waals surface area contributed by atoms with E-state index in [0.29, 0.717) is 11.8 Å². The highest BCUT2D eigenvalue weighted by Crippen LogP contribution is 3.04. The highest BCUT2D eigenvalue weighted by Gasteiger charge is 2.82. The summed E-state index contributed by atoms with van der Waals surface area (Å²) in [5.41, 5.74) is -0.266. The average molecular weight is 367 g/mol. The molecule has 0 aliphatic rings. The minimum atomic E-state index is -11.0. The van der Waals surface area contributed by atoms with E-state index in [2.05, 4.69) is 4.99 Å². The van der Waals surface area contributed by atoms with Crippen LogP contribution in [0.5, 0.6) is 5.75 Å². The summed E-state index contributed by atoms with van der Waals surface area (Å²) in [6.07, 6.45) is 0.516. The van der Waals surface area contributed by atoms with Gasteiger partial charge in [-0.15, -0.1) is 0 Å². The molecular formula is C13H16F7NOS. The average Bonchev–Trinajstić information content (AvgIpc) is 2.26. The fraction of sp³-hybridized carbons (Fsp3) is 0.462. The van der Waals surface area contributed by atoms with Gasteiger partial charge >= 0.3 is 15.5 Å². The van der Waals surface area contributed by atoms with Crippen molar-refractivity contribution in [1.82, 2.24) is 0 Å². The van der Waals surface area contributed by atoms with Crippen LogP contribution in [0.4, 0.5) is 28.2 Å². The van der Waals surface area contributed by atoms with Crippen molar-refractivity contribution in [3.63, 3.8) is 0 Å². The second kappa shape index (κ2) is 4.78. The van der Waals surface area contributed by atoms with Crippen LogP contribution in [0.2, 0.25) is 0 Å². The number of para-hydroxylation sites is 1. The van der Waals surface area contributed by atoms with E-state index in [0.717, 1.165) is 0 Å². The third kappa shape index (κ3) is 4.30. The lowest BCUT2D eigenvalue weighted by Gasteiger charge is -2.45. The summed E-state index contributed by atoms with van der Waals surface area (Å²) in [7, 11) is -11.0. The summed E-state index contributed by atoms with van der Waals surface area (Å²) in [6.45, 7) is 2.77. The molecule has 0 aromatic heterocycles. The zero-order valence-electron chi connectivity index (χ0n) is 12.5. The highest BCUT2D eigenvalue weighted by molar-refractivity contribution is 8.46. The lowest BCUT2D eigenvalue weighted by Crippen LogP contribution is -2.35. The van der Waals surface area contributed by atoms with Gasteiger partial charge in [-0.1, -0.05) is 52.3 Å². The molecule has 1 aromatic rings. The molecule has 23 heavy (non-hydrogen) atoms. The van der Waals surface area contributed by atoms with Gasteiger partial charge in [0.05, 0.1) is 0 Å². The molecule has 134 valence electrons. The molecule has 1 N–H and O–H groups in total. The van der Waals surface area contributed by atoms with Crippen LogP contribution in [0.25, 0.3) is 0 Å². The topological polar surface area (TPSA) is 32.6 Å². The van der Waals surface area contributed by atoms with Gasteiger partial charge in [0.15, 0.2) is 0 Å². The Morgan fingerprint density at radius 3 is 2.04 bits per heavy atom. The van der Waals surface area contributed by atoms with Gasteiger partial charge < -0.3 is 5.11 Å². The van der Waals surface area contributed by atoms with Gasteiger partial charge in [-0.25, -0.2) is 0 Å². The summed E-state index contributed by atoms with van der Waals surface area (Å²) in [6, 6.07) is 4.19. The van der Waals surface area contributed by atoms with Gasteiger partial charge in [-0.3, -0.25) is 4.99 Å². The molecule has 0 aliphatic heterocycles. The van der Waals surface area contributed by atoms with Gasteiger partial charge in [-0.2, -0.15) is 8.78 Å². The third-order valence-electron chi connectivity index (χ3n) is 2.95. The summed E-state index contributed by atoms with van der Waals surface area (Å²) in [5.74, 6) is -0.362. The molecule has 1 aromatic carbocycles. The van der Waals surface area contributed by atoms with E-state index in [9.17, 15) is 33.3 Å². The van der Waals surface area contributed by atoms with Crippen LogP contribution in [0.1, 0.15) is 31.9 Å².